The van der Waals surface area contributed by atoms with Gasteiger partial charge in [-0.25, -0.2) is 28.6 Å². The number of thioether (sulfide) groups is 1. The van der Waals surface area contributed by atoms with E-state index < -0.39 is 84.6 Å². The Kier molecular flexibility index (Phi) is 17.2. The van der Waals surface area contributed by atoms with Crippen LogP contribution in [0.1, 0.15) is 46.8 Å². The summed E-state index contributed by atoms with van der Waals surface area (Å²) in [4.78, 5) is 99.0. The van der Waals surface area contributed by atoms with Gasteiger partial charge in [0.15, 0.2) is 28.6 Å². The predicted octanol–water partition coefficient (Wildman–Crippen LogP) is -0.410. The largest absolute Gasteiger partial charge is 0.481 e. The number of nitrogens with two attached hydrogens (primary N) is 1. The van der Waals surface area contributed by atoms with Crippen molar-refractivity contribution in [3.63, 3.8) is 0 Å². The van der Waals surface area contributed by atoms with E-state index in [1.54, 1.807) is 13.8 Å². The first-order chi connectivity index (χ1) is 26.3. The van der Waals surface area contributed by atoms with Crippen LogP contribution in [0.15, 0.2) is 24.3 Å². The van der Waals surface area contributed by atoms with Gasteiger partial charge in [0.1, 0.15) is 36.3 Å². The highest BCUT2D eigenvalue weighted by Crippen LogP contribution is 2.61. The molecule has 1 aliphatic rings. The number of anilines is 1. The van der Waals surface area contributed by atoms with Crippen LogP contribution in [0.5, 0.6) is 0 Å². The van der Waals surface area contributed by atoms with Crippen molar-refractivity contribution >= 4 is 74.9 Å². The number of ether oxygens (including phenoxy) is 1. The van der Waals surface area contributed by atoms with Gasteiger partial charge in [0.2, 0.25) is 11.8 Å². The number of aromatic nitrogens is 4. The van der Waals surface area contributed by atoms with Gasteiger partial charge in [0.05, 0.1) is 26.0 Å². The fourth-order valence-corrected chi connectivity index (χ4v) is 8.37. The van der Waals surface area contributed by atoms with Crippen LogP contribution in [0.3, 0.4) is 0 Å². The number of imidazole rings is 1. The Balaban J connectivity index is 1.47. The molecule has 1 fully saturated rings. The molecular weight excluding hydrogens is 847 g/mol. The zero-order valence-electron chi connectivity index (χ0n) is 30.8. The SMILES string of the molecule is CC(C)=CC(=O)CC(=O)SCCNC(=O)CCNC(=O)C(O)C(C)(C)COP(=O)(O)OP(=O)(O)OCC1OC(n2cnc3c(N)ncnc32)C(O)C1OP(=O)(O)O. The van der Waals surface area contributed by atoms with Crippen molar-refractivity contribution in [3.05, 3.63) is 24.3 Å². The van der Waals surface area contributed by atoms with E-state index in [-0.39, 0.29) is 59.6 Å². The molecule has 1 saturated heterocycles. The molecule has 0 bridgehead atoms. The molecular formula is C28H44N7O18P3S. The van der Waals surface area contributed by atoms with Crippen LogP contribution in [-0.4, -0.2) is 128 Å². The summed E-state index contributed by atoms with van der Waals surface area (Å²) in [6.07, 6.45) is -5.95. The topological polar surface area (TPSA) is 381 Å². The normalized spacial score (nSPS) is 21.3. The van der Waals surface area contributed by atoms with Crippen molar-refractivity contribution in [2.75, 3.05) is 37.8 Å². The third-order valence-corrected chi connectivity index (χ3v) is 11.5. The summed E-state index contributed by atoms with van der Waals surface area (Å²) < 4.78 is 62.0. The van der Waals surface area contributed by atoms with Gasteiger partial charge >= 0.3 is 23.5 Å². The molecule has 3 heterocycles. The molecule has 2 amide bonds. The van der Waals surface area contributed by atoms with Crippen LogP contribution >= 0.6 is 35.2 Å². The van der Waals surface area contributed by atoms with Gasteiger partial charge in [-0.3, -0.25) is 37.3 Å². The van der Waals surface area contributed by atoms with Gasteiger partial charge in [0.25, 0.3) is 0 Å². The molecule has 0 saturated carbocycles. The summed E-state index contributed by atoms with van der Waals surface area (Å²) in [5.74, 6) is -1.68. The number of hydrogen-bond acceptors (Lipinski definition) is 19. The van der Waals surface area contributed by atoms with Crippen LogP contribution in [0.25, 0.3) is 11.2 Å². The van der Waals surface area contributed by atoms with E-state index in [4.69, 9.17) is 19.5 Å². The fraction of sp³-hybridized carbons (Fsp3) is 0.607. The lowest BCUT2D eigenvalue weighted by atomic mass is 9.87. The van der Waals surface area contributed by atoms with Gasteiger partial charge in [-0.1, -0.05) is 31.2 Å². The average Bonchev–Trinajstić information content (AvgIpc) is 3.64. The molecule has 29 heteroatoms. The van der Waals surface area contributed by atoms with E-state index in [1.807, 2.05) is 0 Å². The summed E-state index contributed by atoms with van der Waals surface area (Å²) in [6.45, 7) is 3.73. The van der Waals surface area contributed by atoms with Gasteiger partial charge in [-0.15, -0.1) is 0 Å². The van der Waals surface area contributed by atoms with E-state index in [1.165, 1.54) is 19.9 Å². The lowest BCUT2D eigenvalue weighted by molar-refractivity contribution is -0.137. The van der Waals surface area contributed by atoms with Crippen molar-refractivity contribution in [1.29, 1.82) is 0 Å². The Hall–Kier alpha value is -3.03. The molecule has 1 aliphatic heterocycles. The van der Waals surface area contributed by atoms with Crippen LogP contribution in [0.4, 0.5) is 5.82 Å². The van der Waals surface area contributed by atoms with Crippen molar-refractivity contribution < 1.29 is 85.3 Å². The number of hydrogen-bond donors (Lipinski definition) is 9. The van der Waals surface area contributed by atoms with E-state index in [0.29, 0.717) is 0 Å². The zero-order chi connectivity index (χ0) is 42.9. The molecule has 10 N–H and O–H groups in total. The second-order valence-electron chi connectivity index (χ2n) is 13.2. The zero-order valence-corrected chi connectivity index (χ0v) is 34.3. The lowest BCUT2D eigenvalue weighted by Gasteiger charge is -2.30. The number of phosphoric ester groups is 3. The number of aliphatic hydroxyl groups is 2. The number of nitrogens with zero attached hydrogens (tertiary/aromatic N) is 4. The first-order valence-corrected chi connectivity index (χ1v) is 22.0. The third kappa shape index (κ3) is 15.3. The summed E-state index contributed by atoms with van der Waals surface area (Å²) in [7, 11) is -16.4. The minimum Gasteiger partial charge on any atom is -0.386 e. The fourth-order valence-electron chi connectivity index (χ4n) is 4.86. The van der Waals surface area contributed by atoms with Crippen LogP contribution < -0.4 is 16.4 Å². The first kappa shape index (κ1) is 48.3. The van der Waals surface area contributed by atoms with Gasteiger partial charge in [-0.2, -0.15) is 4.31 Å². The minimum absolute atomic E-state index is 0.0232. The number of carbonyl (C=O) groups excluding carboxylic acids is 4. The number of nitrogens with one attached hydrogen (secondary N) is 2. The molecule has 0 spiro atoms. The molecule has 3 rings (SSSR count). The highest BCUT2D eigenvalue weighted by atomic mass is 32.2. The second-order valence-corrected chi connectivity index (χ2v) is 18.5. The van der Waals surface area contributed by atoms with Crippen molar-refractivity contribution in [1.82, 2.24) is 30.2 Å². The number of aliphatic hydroxyl groups excluding tert-OH is 2. The monoisotopic (exact) mass is 891 g/mol. The van der Waals surface area contributed by atoms with Gasteiger partial charge in [-0.05, 0) is 19.9 Å². The van der Waals surface area contributed by atoms with Crippen LogP contribution in [0, 0.1) is 5.41 Å². The van der Waals surface area contributed by atoms with Gasteiger partial charge < -0.3 is 50.9 Å². The molecule has 0 aromatic carbocycles. The maximum atomic E-state index is 12.7. The van der Waals surface area contributed by atoms with Crippen LogP contribution in [0.2, 0.25) is 0 Å². The maximum Gasteiger partial charge on any atom is 0.481 e. The molecule has 0 radical (unpaired) electrons. The van der Waals surface area contributed by atoms with Crippen molar-refractivity contribution in [2.24, 2.45) is 5.41 Å². The smallest absolute Gasteiger partial charge is 0.386 e. The van der Waals surface area contributed by atoms with Crippen LogP contribution in [-0.2, 0) is 55.5 Å². The third-order valence-electron chi connectivity index (χ3n) is 7.53. The number of fused-ring (bicyclic) bond motifs is 1. The molecule has 2 aromatic rings. The number of nitrogen functional groups attached to an aromatic ring is 1. The lowest BCUT2D eigenvalue weighted by Crippen LogP contribution is -2.46. The Morgan fingerprint density at radius 1 is 1.05 bits per heavy atom. The van der Waals surface area contributed by atoms with Crippen molar-refractivity contribution in [3.8, 4) is 0 Å². The molecule has 0 aliphatic carbocycles. The first-order valence-electron chi connectivity index (χ1n) is 16.5. The number of ketones is 1. The number of rotatable bonds is 22. The number of amides is 2. The summed E-state index contributed by atoms with van der Waals surface area (Å²) in [5, 5.41) is 25.9. The molecule has 57 heavy (non-hydrogen) atoms. The summed E-state index contributed by atoms with van der Waals surface area (Å²) in [5.41, 5.74) is 4.98. The van der Waals surface area contributed by atoms with E-state index >= 15 is 0 Å². The maximum absolute atomic E-state index is 12.7. The predicted molar refractivity (Wildman–Crippen MR) is 196 cm³/mol. The summed E-state index contributed by atoms with van der Waals surface area (Å²) in [6, 6.07) is 0. The second kappa shape index (κ2) is 20.3. The van der Waals surface area contributed by atoms with E-state index in [9.17, 15) is 62.7 Å². The highest BCUT2D eigenvalue weighted by molar-refractivity contribution is 8.13. The molecule has 7 atom stereocenters. The highest BCUT2D eigenvalue weighted by Gasteiger charge is 2.50. The Morgan fingerprint density at radius 3 is 2.37 bits per heavy atom. The number of carbonyl (C=O) groups is 4. The number of phosphoric acid groups is 3. The van der Waals surface area contributed by atoms with E-state index in [0.717, 1.165) is 34.6 Å². The van der Waals surface area contributed by atoms with E-state index in [2.05, 4.69) is 34.4 Å². The Bertz CT molecular complexity index is 1960. The Morgan fingerprint density at radius 2 is 1.72 bits per heavy atom. The standard InChI is InChI=1S/C28H44N7O18P3S/c1-15(2)9-16(36)10-19(38)57-8-7-30-18(37)5-6-31-26(41)23(40)28(3,4)12-50-56(47,48)53-55(45,46)49-11-17-22(52-54(42,43)44)21(39)27(51-17)35-14-34-20-24(29)32-13-33-25(20)35/h9,13-14,17,21-23,27,39-40H,5-8,10-12H2,1-4H3,(H,30,37)(H,31,41)(H,45,46)(H,47,48)(H2,29,32,33)(H2,42,43,44). The summed E-state index contributed by atoms with van der Waals surface area (Å²) >= 11 is 0.876. The number of allylic oxidation sites excluding steroid dienone is 2. The quantitative estimate of drug-likeness (QED) is 0.0314. The molecule has 320 valence electrons. The average molecular weight is 892 g/mol. The Labute approximate surface area is 328 Å². The molecule has 2 aromatic heterocycles. The molecule has 25 nitrogen and oxygen atoms in total. The van der Waals surface area contributed by atoms with Gasteiger partial charge in [0, 0.05) is 30.7 Å². The minimum atomic E-state index is -5.58. The van der Waals surface area contributed by atoms with Crippen molar-refractivity contribution in [2.45, 2.75) is 71.2 Å². The molecule has 7 unspecified atom stereocenters.